The molecule has 0 aliphatic heterocycles. The summed E-state index contributed by atoms with van der Waals surface area (Å²) in [5.41, 5.74) is 25.5. The van der Waals surface area contributed by atoms with Gasteiger partial charge in [-0.1, -0.05) is 315 Å². The van der Waals surface area contributed by atoms with Gasteiger partial charge in [-0.2, -0.15) is 0 Å². The van der Waals surface area contributed by atoms with Gasteiger partial charge in [0.05, 0.1) is 0 Å². The van der Waals surface area contributed by atoms with Crippen LogP contribution >= 0.6 is 0 Å². The summed E-state index contributed by atoms with van der Waals surface area (Å²) in [7, 11) is 0. The van der Waals surface area contributed by atoms with Crippen molar-refractivity contribution < 1.29 is 0 Å². The second-order valence-electron chi connectivity index (χ2n) is 19.5. The molecule has 0 fully saturated rings. The lowest BCUT2D eigenvalue weighted by molar-refractivity contribution is 1.48. The molecule has 0 atom stereocenters. The largest absolute Gasteiger partial charge is 0.0622 e. The van der Waals surface area contributed by atoms with Crippen molar-refractivity contribution in [3.05, 3.63) is 406 Å². The zero-order chi connectivity index (χ0) is 52.3. The highest BCUT2D eigenvalue weighted by Crippen LogP contribution is 2.43. The molecule has 0 spiro atoms. The van der Waals surface area contributed by atoms with Crippen LogP contribution in [0.1, 0.15) is 66.8 Å². The summed E-state index contributed by atoms with van der Waals surface area (Å²) >= 11 is 0. The Balaban J connectivity index is 1.04. The Morgan fingerprint density at radius 3 is 0.410 bits per heavy atom. The molecule has 368 valence electrons. The normalized spacial score (nSPS) is 10.8. The van der Waals surface area contributed by atoms with Gasteiger partial charge in [0, 0.05) is 0 Å². The van der Waals surface area contributed by atoms with Gasteiger partial charge in [0.15, 0.2) is 0 Å². The number of hydrogen-bond donors (Lipinski definition) is 0. The average molecular weight is 993 g/mol. The van der Waals surface area contributed by atoms with E-state index in [-0.39, 0.29) is 0 Å². The van der Waals surface area contributed by atoms with E-state index >= 15 is 0 Å². The van der Waals surface area contributed by atoms with E-state index in [4.69, 9.17) is 0 Å². The minimum absolute atomic E-state index is 1.13. The fraction of sp³-hybridized carbons (Fsp3) is 0. The van der Waals surface area contributed by atoms with E-state index in [1.165, 1.54) is 50.1 Å². The van der Waals surface area contributed by atoms with E-state index in [1.807, 2.05) is 0 Å². The molecule has 0 saturated heterocycles. The first kappa shape index (κ1) is 48.8. The van der Waals surface area contributed by atoms with Crippen molar-refractivity contribution >= 4 is 33.4 Å². The second-order valence-corrected chi connectivity index (χ2v) is 19.5. The lowest BCUT2D eigenvalue weighted by Crippen LogP contribution is -1.99. The molecule has 0 bridgehead atoms. The first-order valence-corrected chi connectivity index (χ1v) is 26.8. The molecule has 78 heavy (non-hydrogen) atoms. The van der Waals surface area contributed by atoms with Crippen LogP contribution in [0, 0.1) is 0 Å². The molecule has 0 radical (unpaired) electrons. The second kappa shape index (κ2) is 23.2. The van der Waals surface area contributed by atoms with Crippen LogP contribution in [-0.4, -0.2) is 0 Å². The Morgan fingerprint density at radius 1 is 0.115 bits per heavy atom. The zero-order valence-corrected chi connectivity index (χ0v) is 43.3. The highest BCUT2D eigenvalue weighted by atomic mass is 14.2. The Labute approximate surface area is 459 Å². The molecule has 0 heterocycles. The standard InChI is InChI=1S/C78H56/c1-9-29-57(30-10-1)73(58-31-11-2-12-32-58)76(63-41-21-7-22-42-63)69-49-25-45-65(53-69)67-47-27-51-71(55-67)78(75(61-37-17-5-18-38-61)62-39-19-6-20-40-62)72-52-28-48-68(56-72)66-46-26-50-70(54-66)77(64-43-23-8-24-44-64)74(59-33-13-3-14-34-59)60-35-15-4-16-36-60/h1-56H. The maximum absolute atomic E-state index is 2.39. The third kappa shape index (κ3) is 10.6. The summed E-state index contributed by atoms with van der Waals surface area (Å²) in [5, 5.41) is 0. The number of rotatable bonds is 14. The minimum Gasteiger partial charge on any atom is -0.0622 e. The van der Waals surface area contributed by atoms with Crippen LogP contribution in [0.25, 0.3) is 55.7 Å². The smallest absolute Gasteiger partial charge is 0.00264 e. The van der Waals surface area contributed by atoms with Gasteiger partial charge in [-0.3, -0.25) is 0 Å². The van der Waals surface area contributed by atoms with E-state index in [9.17, 15) is 0 Å². The van der Waals surface area contributed by atoms with Gasteiger partial charge in [0.25, 0.3) is 0 Å². The molecule has 12 rings (SSSR count). The van der Waals surface area contributed by atoms with Crippen molar-refractivity contribution in [2.75, 3.05) is 0 Å². The highest BCUT2D eigenvalue weighted by Gasteiger charge is 2.21. The molecule has 12 aromatic rings. The Morgan fingerprint density at radius 2 is 0.244 bits per heavy atom. The lowest BCUT2D eigenvalue weighted by Gasteiger charge is -2.20. The Kier molecular flexibility index (Phi) is 14.5. The van der Waals surface area contributed by atoms with Crippen LogP contribution in [0.3, 0.4) is 0 Å². The van der Waals surface area contributed by atoms with Gasteiger partial charge in [-0.05, 0) is 147 Å². The van der Waals surface area contributed by atoms with Crippen molar-refractivity contribution in [2.45, 2.75) is 0 Å². The maximum Gasteiger partial charge on any atom is -0.00264 e. The van der Waals surface area contributed by atoms with E-state index in [2.05, 4.69) is 340 Å². The summed E-state index contributed by atoms with van der Waals surface area (Å²) < 4.78 is 0. The fourth-order valence-corrected chi connectivity index (χ4v) is 11.0. The van der Waals surface area contributed by atoms with Gasteiger partial charge in [-0.15, -0.1) is 0 Å². The van der Waals surface area contributed by atoms with Crippen LogP contribution in [0.5, 0.6) is 0 Å². The molecule has 0 amide bonds. The van der Waals surface area contributed by atoms with Gasteiger partial charge in [-0.25, -0.2) is 0 Å². The third-order valence-electron chi connectivity index (χ3n) is 14.5. The molecule has 0 aliphatic carbocycles. The number of benzene rings is 12. The Hall–Kier alpha value is -10.1. The van der Waals surface area contributed by atoms with E-state index < -0.39 is 0 Å². The van der Waals surface area contributed by atoms with Crippen LogP contribution in [0.4, 0.5) is 0 Å². The maximum atomic E-state index is 2.39. The molecular formula is C78H56. The molecule has 0 nitrogen and oxygen atoms in total. The molecule has 0 unspecified atom stereocenters. The molecule has 0 aliphatic rings. The predicted molar refractivity (Wildman–Crippen MR) is 330 cm³/mol. The Bertz CT molecular complexity index is 3690. The SMILES string of the molecule is c1ccc(C(=C(c2ccccc2)c2cccc(-c3cccc(C(=C(c4ccccc4)c4ccccc4)c4cccc(-c5cccc(C(=C(c6ccccc6)c6ccccc6)c6ccccc6)c5)c4)c3)c2)c2ccccc2)cc1. The molecule has 12 aromatic carbocycles. The van der Waals surface area contributed by atoms with E-state index in [1.54, 1.807) is 0 Å². The molecule has 0 aromatic heterocycles. The minimum atomic E-state index is 1.13. The quantitative estimate of drug-likeness (QED) is 0.0953. The summed E-state index contributed by atoms with van der Waals surface area (Å²) in [6, 6.07) is 123. The average Bonchev–Trinajstić information content (AvgIpc) is 3.55. The highest BCUT2D eigenvalue weighted by molar-refractivity contribution is 6.08. The van der Waals surface area contributed by atoms with Gasteiger partial charge < -0.3 is 0 Å². The van der Waals surface area contributed by atoms with Crippen molar-refractivity contribution in [3.63, 3.8) is 0 Å². The van der Waals surface area contributed by atoms with Crippen LogP contribution in [-0.2, 0) is 0 Å². The molecule has 0 N–H and O–H groups in total. The van der Waals surface area contributed by atoms with Crippen molar-refractivity contribution in [2.24, 2.45) is 0 Å². The summed E-state index contributed by atoms with van der Waals surface area (Å²) in [5.74, 6) is 0. The van der Waals surface area contributed by atoms with Crippen molar-refractivity contribution in [1.29, 1.82) is 0 Å². The van der Waals surface area contributed by atoms with Crippen LogP contribution in [0.15, 0.2) is 340 Å². The topological polar surface area (TPSA) is 0 Å². The summed E-state index contributed by atoms with van der Waals surface area (Å²) in [6.07, 6.45) is 0. The molecule has 0 heteroatoms. The van der Waals surface area contributed by atoms with Crippen molar-refractivity contribution in [1.82, 2.24) is 0 Å². The summed E-state index contributed by atoms with van der Waals surface area (Å²) in [6.45, 7) is 0. The predicted octanol–water partition coefficient (Wildman–Crippen LogP) is 20.0. The lowest BCUT2D eigenvalue weighted by atomic mass is 9.83. The monoisotopic (exact) mass is 992 g/mol. The van der Waals surface area contributed by atoms with E-state index in [0.29, 0.717) is 0 Å². The first-order valence-electron chi connectivity index (χ1n) is 26.8. The molecular weight excluding hydrogens is 937 g/mol. The fourth-order valence-electron chi connectivity index (χ4n) is 11.0. The van der Waals surface area contributed by atoms with Crippen molar-refractivity contribution in [3.8, 4) is 22.3 Å². The molecule has 0 saturated carbocycles. The first-order chi connectivity index (χ1) is 38.7. The zero-order valence-electron chi connectivity index (χ0n) is 43.3. The van der Waals surface area contributed by atoms with E-state index in [0.717, 1.165) is 72.3 Å². The number of hydrogen-bond acceptors (Lipinski definition) is 0. The summed E-state index contributed by atoms with van der Waals surface area (Å²) in [4.78, 5) is 0. The van der Waals surface area contributed by atoms with Gasteiger partial charge >= 0.3 is 0 Å². The van der Waals surface area contributed by atoms with Crippen LogP contribution in [0.2, 0.25) is 0 Å². The van der Waals surface area contributed by atoms with Crippen LogP contribution < -0.4 is 0 Å². The third-order valence-corrected chi connectivity index (χ3v) is 14.5. The van der Waals surface area contributed by atoms with Gasteiger partial charge in [0.1, 0.15) is 0 Å². The van der Waals surface area contributed by atoms with Gasteiger partial charge in [0.2, 0.25) is 0 Å².